The molecule has 2 amide bonds. The number of hydrogen-bond donors (Lipinski definition) is 2. The molecule has 122 valence electrons. The zero-order valence-electron chi connectivity index (χ0n) is 13.1. The van der Waals surface area contributed by atoms with E-state index in [0.717, 1.165) is 19.6 Å². The van der Waals surface area contributed by atoms with E-state index in [1.807, 2.05) is 22.6 Å². The molecule has 22 heavy (non-hydrogen) atoms. The minimum absolute atomic E-state index is 0.224. The lowest BCUT2D eigenvalue weighted by atomic mass is 10.1. The van der Waals surface area contributed by atoms with Crippen molar-refractivity contribution in [3.05, 3.63) is 26.8 Å². The highest BCUT2D eigenvalue weighted by molar-refractivity contribution is 14.1. The van der Waals surface area contributed by atoms with Crippen LogP contribution in [0.25, 0.3) is 0 Å². The largest absolute Gasteiger partial charge is 0.496 e. The Balaban J connectivity index is 2.85. The van der Waals surface area contributed by atoms with Crippen molar-refractivity contribution in [3.63, 3.8) is 0 Å². The lowest BCUT2D eigenvalue weighted by Crippen LogP contribution is -2.35. The van der Waals surface area contributed by atoms with Gasteiger partial charge in [-0.3, -0.25) is 9.59 Å². The third kappa shape index (κ3) is 4.84. The van der Waals surface area contributed by atoms with Gasteiger partial charge in [-0.1, -0.05) is 13.8 Å². The van der Waals surface area contributed by atoms with E-state index in [4.69, 9.17) is 10.5 Å². The summed E-state index contributed by atoms with van der Waals surface area (Å²) >= 11 is 1.98. The van der Waals surface area contributed by atoms with Crippen molar-refractivity contribution in [2.45, 2.75) is 13.8 Å². The number of hydrogen-bond acceptors (Lipinski definition) is 4. The van der Waals surface area contributed by atoms with E-state index >= 15 is 0 Å². The average molecular weight is 419 g/mol. The molecule has 7 heteroatoms. The number of primary amides is 1. The van der Waals surface area contributed by atoms with Crippen LogP contribution >= 0.6 is 22.6 Å². The monoisotopic (exact) mass is 419 g/mol. The molecule has 0 saturated heterocycles. The molecule has 0 aromatic heterocycles. The second-order valence-electron chi connectivity index (χ2n) is 4.68. The van der Waals surface area contributed by atoms with Crippen molar-refractivity contribution < 1.29 is 14.3 Å². The standard InChI is InChI=1S/C15H22IN3O3/c1-4-19(5-2)7-6-18-15(21)11-8-12(16)10(14(17)20)9-13(11)22-3/h8-9H,4-7H2,1-3H3,(H2,17,20)(H,18,21). The maximum absolute atomic E-state index is 12.3. The number of nitrogens with one attached hydrogen (secondary N) is 1. The molecule has 0 fully saturated rings. The molecule has 0 aliphatic heterocycles. The molecular formula is C15H22IN3O3. The molecule has 1 aromatic rings. The molecule has 0 atom stereocenters. The van der Waals surface area contributed by atoms with Crippen molar-refractivity contribution in [1.29, 1.82) is 0 Å². The van der Waals surface area contributed by atoms with Crippen LogP contribution in [0.3, 0.4) is 0 Å². The molecule has 0 saturated carbocycles. The first-order valence-corrected chi connectivity index (χ1v) is 8.20. The summed E-state index contributed by atoms with van der Waals surface area (Å²) in [5, 5.41) is 2.87. The van der Waals surface area contributed by atoms with Crippen molar-refractivity contribution in [2.75, 3.05) is 33.3 Å². The molecule has 0 aliphatic carbocycles. The van der Waals surface area contributed by atoms with Gasteiger partial charge in [-0.25, -0.2) is 0 Å². The summed E-state index contributed by atoms with van der Waals surface area (Å²) in [4.78, 5) is 25.8. The number of halogens is 1. The van der Waals surface area contributed by atoms with E-state index in [0.29, 0.717) is 27.0 Å². The SMILES string of the molecule is CCN(CC)CCNC(=O)c1cc(I)c(C(N)=O)cc1OC. The maximum Gasteiger partial charge on any atom is 0.255 e. The quantitative estimate of drug-likeness (QED) is 0.626. The van der Waals surface area contributed by atoms with Gasteiger partial charge in [0.2, 0.25) is 5.91 Å². The highest BCUT2D eigenvalue weighted by Crippen LogP contribution is 2.24. The second kappa shape index (κ2) is 8.94. The molecule has 0 aliphatic rings. The van der Waals surface area contributed by atoms with E-state index in [-0.39, 0.29) is 5.91 Å². The molecule has 3 N–H and O–H groups in total. The van der Waals surface area contributed by atoms with Gasteiger partial charge >= 0.3 is 0 Å². The average Bonchev–Trinajstić information content (AvgIpc) is 2.50. The number of nitrogens with zero attached hydrogens (tertiary/aromatic N) is 1. The topological polar surface area (TPSA) is 84.7 Å². The Morgan fingerprint density at radius 2 is 1.91 bits per heavy atom. The van der Waals surface area contributed by atoms with Crippen LogP contribution in [0.1, 0.15) is 34.6 Å². The number of carbonyl (C=O) groups is 2. The normalized spacial score (nSPS) is 10.6. The van der Waals surface area contributed by atoms with Crippen molar-refractivity contribution in [3.8, 4) is 5.75 Å². The number of methoxy groups -OCH3 is 1. The molecule has 0 unspecified atom stereocenters. The van der Waals surface area contributed by atoms with E-state index < -0.39 is 5.91 Å². The van der Waals surface area contributed by atoms with Crippen LogP contribution in [0, 0.1) is 3.57 Å². The van der Waals surface area contributed by atoms with Crippen LogP contribution in [0.4, 0.5) is 0 Å². The fraction of sp³-hybridized carbons (Fsp3) is 0.467. The first-order valence-electron chi connectivity index (χ1n) is 7.12. The van der Waals surface area contributed by atoms with Crippen LogP contribution in [-0.2, 0) is 0 Å². The summed E-state index contributed by atoms with van der Waals surface area (Å²) in [6.07, 6.45) is 0. The Morgan fingerprint density at radius 1 is 1.27 bits per heavy atom. The molecule has 0 bridgehead atoms. The van der Waals surface area contributed by atoms with Crippen LogP contribution in [0.15, 0.2) is 12.1 Å². The van der Waals surface area contributed by atoms with E-state index in [1.165, 1.54) is 13.2 Å². The molecule has 0 spiro atoms. The van der Waals surface area contributed by atoms with Gasteiger partial charge in [-0.2, -0.15) is 0 Å². The smallest absolute Gasteiger partial charge is 0.255 e. The van der Waals surface area contributed by atoms with Gasteiger partial charge in [0.1, 0.15) is 5.75 Å². The molecule has 1 rings (SSSR count). The van der Waals surface area contributed by atoms with Gasteiger partial charge in [0, 0.05) is 16.7 Å². The first kappa shape index (κ1) is 18.7. The Hall–Kier alpha value is -1.35. The Bertz CT molecular complexity index is 545. The molecular weight excluding hydrogens is 397 g/mol. The van der Waals surface area contributed by atoms with Gasteiger partial charge < -0.3 is 20.7 Å². The second-order valence-corrected chi connectivity index (χ2v) is 5.84. The summed E-state index contributed by atoms with van der Waals surface area (Å²) < 4.78 is 5.82. The predicted octanol–water partition coefficient (Wildman–Crippen LogP) is 1.47. The number of amides is 2. The van der Waals surface area contributed by atoms with Crippen LogP contribution in [-0.4, -0.2) is 50.0 Å². The van der Waals surface area contributed by atoms with Crippen LogP contribution in [0.2, 0.25) is 0 Å². The number of carbonyl (C=O) groups excluding carboxylic acids is 2. The highest BCUT2D eigenvalue weighted by atomic mass is 127. The minimum Gasteiger partial charge on any atom is -0.496 e. The number of nitrogens with two attached hydrogens (primary N) is 1. The van der Waals surface area contributed by atoms with E-state index in [2.05, 4.69) is 24.1 Å². The Kier molecular flexibility index (Phi) is 7.60. The highest BCUT2D eigenvalue weighted by Gasteiger charge is 2.17. The summed E-state index contributed by atoms with van der Waals surface area (Å²) in [6, 6.07) is 3.12. The van der Waals surface area contributed by atoms with E-state index in [9.17, 15) is 9.59 Å². The molecule has 0 radical (unpaired) electrons. The summed E-state index contributed by atoms with van der Waals surface area (Å²) in [5.74, 6) is -0.427. The molecule has 0 heterocycles. The van der Waals surface area contributed by atoms with Gasteiger partial charge in [0.25, 0.3) is 5.91 Å². The zero-order valence-corrected chi connectivity index (χ0v) is 15.3. The zero-order chi connectivity index (χ0) is 16.7. The summed E-state index contributed by atoms with van der Waals surface area (Å²) in [6.45, 7) is 7.40. The lowest BCUT2D eigenvalue weighted by molar-refractivity contribution is 0.0942. The fourth-order valence-electron chi connectivity index (χ4n) is 2.05. The minimum atomic E-state index is -0.545. The number of benzene rings is 1. The molecule has 6 nitrogen and oxygen atoms in total. The van der Waals surface area contributed by atoms with Crippen LogP contribution < -0.4 is 15.8 Å². The summed E-state index contributed by atoms with van der Waals surface area (Å²) in [5.41, 5.74) is 6.05. The van der Waals surface area contributed by atoms with E-state index in [1.54, 1.807) is 6.07 Å². The van der Waals surface area contributed by atoms with Crippen molar-refractivity contribution in [1.82, 2.24) is 10.2 Å². The Morgan fingerprint density at radius 3 is 2.41 bits per heavy atom. The Labute approximate surface area is 144 Å². The van der Waals surface area contributed by atoms with Gasteiger partial charge in [-0.05, 0) is 47.8 Å². The third-order valence-electron chi connectivity index (χ3n) is 3.41. The number of rotatable bonds is 8. The van der Waals surface area contributed by atoms with Gasteiger partial charge in [0.15, 0.2) is 0 Å². The lowest BCUT2D eigenvalue weighted by Gasteiger charge is -2.18. The first-order chi connectivity index (χ1) is 10.4. The third-order valence-corrected chi connectivity index (χ3v) is 4.30. The van der Waals surface area contributed by atoms with Gasteiger partial charge in [0.05, 0.1) is 18.2 Å². The van der Waals surface area contributed by atoms with Gasteiger partial charge in [-0.15, -0.1) is 0 Å². The predicted molar refractivity (Wildman–Crippen MR) is 94.4 cm³/mol. The summed E-state index contributed by atoms with van der Waals surface area (Å²) in [7, 11) is 1.46. The fourth-order valence-corrected chi connectivity index (χ4v) is 2.78. The van der Waals surface area contributed by atoms with Crippen molar-refractivity contribution >= 4 is 34.4 Å². The number of ether oxygens (including phenoxy) is 1. The van der Waals surface area contributed by atoms with Crippen molar-refractivity contribution in [2.24, 2.45) is 5.73 Å². The number of likely N-dealkylation sites (N-methyl/N-ethyl adjacent to an activating group) is 1. The maximum atomic E-state index is 12.3. The molecule has 1 aromatic carbocycles. The van der Waals surface area contributed by atoms with Crippen LogP contribution in [0.5, 0.6) is 5.75 Å².